The van der Waals surface area contributed by atoms with Crippen LogP contribution in [-0.2, 0) is 39.9 Å². The molecule has 1 unspecified atom stereocenters. The minimum absolute atomic E-state index is 0.00964. The molecule has 0 saturated heterocycles. The Hall–Kier alpha value is -4.22. The number of nitrogens with one attached hydrogen (secondary N) is 1. The Morgan fingerprint density at radius 3 is 2.02 bits per heavy atom. The van der Waals surface area contributed by atoms with Crippen LogP contribution >= 0.6 is 0 Å². The molecule has 1 N–H and O–H groups in total. The standard InChI is InChI=1S/C41H63FN4O10SSi/c1-14-32-30-20-19-29(25-34(30)46(43-32)38(49)55-41(11,12)13)52-23-22-45(37(48)54-40(8,9)10)26-35(56-58(15-2,16-3)17-4)28-18-21-31(42)33(24-28)44-57(50,51)27-36(47)53-39(5,6)7/h18-21,24-25,35,44H,14-17,22-23,26-27H2,1-13H3. The smallest absolute Gasteiger partial charge is 0.435 e. The van der Waals surface area contributed by atoms with E-state index in [0.29, 0.717) is 23.3 Å². The Balaban J connectivity index is 1.99. The zero-order valence-electron chi connectivity index (χ0n) is 36.4. The van der Waals surface area contributed by atoms with Gasteiger partial charge in [0, 0.05) is 11.5 Å². The van der Waals surface area contributed by atoms with E-state index in [-0.39, 0.29) is 25.4 Å². The van der Waals surface area contributed by atoms with Crippen molar-refractivity contribution in [3.05, 3.63) is 53.5 Å². The number of aromatic nitrogens is 2. The minimum Gasteiger partial charge on any atom is -0.492 e. The summed E-state index contributed by atoms with van der Waals surface area (Å²) >= 11 is 0. The van der Waals surface area contributed by atoms with Crippen molar-refractivity contribution in [3.63, 3.8) is 0 Å². The maximum Gasteiger partial charge on any atom is 0.435 e. The third kappa shape index (κ3) is 14.3. The summed E-state index contributed by atoms with van der Waals surface area (Å²) in [7, 11) is -6.80. The Labute approximate surface area is 344 Å². The van der Waals surface area contributed by atoms with E-state index in [0.717, 1.165) is 35.3 Å². The molecule has 3 aromatic rings. The molecule has 1 amide bonds. The molecule has 0 aliphatic carbocycles. The summed E-state index contributed by atoms with van der Waals surface area (Å²) in [4.78, 5) is 40.7. The molecule has 1 atom stereocenters. The molecule has 14 nitrogen and oxygen atoms in total. The molecular weight excluding hydrogens is 788 g/mol. The van der Waals surface area contributed by atoms with Crippen molar-refractivity contribution < 1.29 is 50.6 Å². The first-order valence-corrected chi connectivity index (χ1v) is 24.0. The number of esters is 1. The van der Waals surface area contributed by atoms with Crippen LogP contribution in [0.15, 0.2) is 36.4 Å². The Bertz CT molecular complexity index is 2010. The van der Waals surface area contributed by atoms with Crippen LogP contribution in [0.4, 0.5) is 19.7 Å². The summed E-state index contributed by atoms with van der Waals surface area (Å²) in [6, 6.07) is 11.5. The molecule has 0 aliphatic rings. The lowest BCUT2D eigenvalue weighted by molar-refractivity contribution is -0.151. The van der Waals surface area contributed by atoms with E-state index in [2.05, 4.69) is 9.82 Å². The van der Waals surface area contributed by atoms with Crippen molar-refractivity contribution >= 4 is 53.1 Å². The van der Waals surface area contributed by atoms with Gasteiger partial charge in [0.05, 0.1) is 36.1 Å². The number of ether oxygens (including phenoxy) is 4. The lowest BCUT2D eigenvalue weighted by Gasteiger charge is -2.36. The Kier molecular flexibility index (Phi) is 16.0. The van der Waals surface area contributed by atoms with Gasteiger partial charge in [-0.3, -0.25) is 9.52 Å². The number of carbonyl (C=O) groups is 3. The first-order chi connectivity index (χ1) is 26.7. The summed E-state index contributed by atoms with van der Waals surface area (Å²) in [5, 5.41) is 5.27. The van der Waals surface area contributed by atoms with E-state index in [1.807, 2.05) is 33.8 Å². The average molecular weight is 851 g/mol. The van der Waals surface area contributed by atoms with E-state index in [9.17, 15) is 22.8 Å². The molecule has 3 rings (SSSR count). The number of nitrogens with zero attached hydrogens (tertiary/aromatic N) is 3. The predicted molar refractivity (Wildman–Crippen MR) is 225 cm³/mol. The Morgan fingerprint density at radius 1 is 0.862 bits per heavy atom. The highest BCUT2D eigenvalue weighted by atomic mass is 32.2. The number of rotatable bonds is 17. The summed E-state index contributed by atoms with van der Waals surface area (Å²) in [6.45, 7) is 23.5. The van der Waals surface area contributed by atoms with Gasteiger partial charge in [0.2, 0.25) is 10.0 Å². The van der Waals surface area contributed by atoms with E-state index >= 15 is 4.39 Å². The van der Waals surface area contributed by atoms with Crippen LogP contribution in [0.25, 0.3) is 10.9 Å². The first kappa shape index (κ1) is 48.1. The van der Waals surface area contributed by atoms with E-state index in [4.69, 9.17) is 23.4 Å². The van der Waals surface area contributed by atoms with E-state index in [1.54, 1.807) is 74.4 Å². The van der Waals surface area contributed by atoms with Gasteiger partial charge < -0.3 is 28.3 Å². The second-order valence-corrected chi connectivity index (χ2v) is 23.6. The molecule has 0 fully saturated rings. The molecule has 1 aromatic heterocycles. The van der Waals surface area contributed by atoms with Crippen LogP contribution in [0.3, 0.4) is 0 Å². The zero-order valence-corrected chi connectivity index (χ0v) is 38.2. The molecule has 58 heavy (non-hydrogen) atoms. The normalized spacial score (nSPS) is 13.2. The third-order valence-corrected chi connectivity index (χ3v) is 14.8. The highest BCUT2D eigenvalue weighted by Gasteiger charge is 2.35. The topological polar surface area (TPSA) is 165 Å². The lowest BCUT2D eigenvalue weighted by Crippen LogP contribution is -2.45. The van der Waals surface area contributed by atoms with Gasteiger partial charge in [0.15, 0.2) is 14.1 Å². The van der Waals surface area contributed by atoms with Crippen molar-refractivity contribution in [1.82, 2.24) is 14.7 Å². The van der Waals surface area contributed by atoms with Crippen molar-refractivity contribution in [2.75, 3.05) is 30.2 Å². The average Bonchev–Trinajstić information content (AvgIpc) is 3.46. The fourth-order valence-corrected chi connectivity index (χ4v) is 9.82. The lowest BCUT2D eigenvalue weighted by atomic mass is 10.1. The number of halogens is 1. The maximum absolute atomic E-state index is 15.3. The molecule has 0 radical (unpaired) electrons. The molecule has 0 aliphatic heterocycles. The molecular formula is C41H63FN4O10SSi. The van der Waals surface area contributed by atoms with Gasteiger partial charge in [-0.1, -0.05) is 33.8 Å². The molecule has 2 aromatic carbocycles. The van der Waals surface area contributed by atoms with Crippen LogP contribution in [0.1, 0.15) is 107 Å². The molecule has 0 saturated carbocycles. The number of sulfonamides is 1. The van der Waals surface area contributed by atoms with Gasteiger partial charge >= 0.3 is 18.2 Å². The van der Waals surface area contributed by atoms with Gasteiger partial charge in [-0.25, -0.2) is 22.4 Å². The van der Waals surface area contributed by atoms with Crippen molar-refractivity contribution in [2.24, 2.45) is 0 Å². The highest BCUT2D eigenvalue weighted by Crippen LogP contribution is 2.33. The van der Waals surface area contributed by atoms with Gasteiger partial charge in [-0.05, 0) is 117 Å². The van der Waals surface area contributed by atoms with E-state index in [1.165, 1.54) is 21.7 Å². The second-order valence-electron chi connectivity index (χ2n) is 17.2. The molecule has 0 bridgehead atoms. The quantitative estimate of drug-likeness (QED) is 0.0783. The monoisotopic (exact) mass is 850 g/mol. The summed E-state index contributed by atoms with van der Waals surface area (Å²) in [5.74, 6) is -2.45. The predicted octanol–water partition coefficient (Wildman–Crippen LogP) is 8.98. The number of hydrogen-bond donors (Lipinski definition) is 1. The number of anilines is 1. The van der Waals surface area contributed by atoms with Crippen LogP contribution in [0, 0.1) is 5.82 Å². The van der Waals surface area contributed by atoms with Crippen molar-refractivity contribution in [2.45, 2.75) is 137 Å². The largest absolute Gasteiger partial charge is 0.492 e. The number of fused-ring (bicyclic) bond motifs is 1. The molecule has 324 valence electrons. The Morgan fingerprint density at radius 2 is 1.47 bits per heavy atom. The van der Waals surface area contributed by atoms with Crippen molar-refractivity contribution in [1.29, 1.82) is 0 Å². The van der Waals surface area contributed by atoms with Crippen LogP contribution < -0.4 is 9.46 Å². The number of carbonyl (C=O) groups excluding carboxylic acids is 3. The number of aryl methyl sites for hydroxylation is 1. The fourth-order valence-electron chi connectivity index (χ4n) is 6.08. The first-order valence-electron chi connectivity index (χ1n) is 19.8. The number of amides is 1. The third-order valence-electron chi connectivity index (χ3n) is 8.98. The highest BCUT2D eigenvalue weighted by molar-refractivity contribution is 7.93. The van der Waals surface area contributed by atoms with Crippen molar-refractivity contribution in [3.8, 4) is 5.75 Å². The van der Waals surface area contributed by atoms with Gasteiger partial charge in [-0.15, -0.1) is 0 Å². The number of hydrogen-bond acceptors (Lipinski definition) is 11. The fraction of sp³-hybridized carbons (Fsp3) is 0.610. The summed E-state index contributed by atoms with van der Waals surface area (Å²) in [5.41, 5.74) is -1.24. The molecule has 0 spiro atoms. The van der Waals surface area contributed by atoms with Crippen LogP contribution in [0.2, 0.25) is 18.1 Å². The molecule has 1 heterocycles. The zero-order chi connectivity index (χ0) is 43.9. The minimum atomic E-state index is -4.37. The second kappa shape index (κ2) is 19.2. The number of benzene rings is 2. The van der Waals surface area contributed by atoms with E-state index < -0.39 is 71.0 Å². The van der Waals surface area contributed by atoms with Gasteiger partial charge in [0.25, 0.3) is 0 Å². The van der Waals surface area contributed by atoms with Gasteiger partial charge in [-0.2, -0.15) is 9.78 Å². The summed E-state index contributed by atoms with van der Waals surface area (Å²) < 4.78 is 74.4. The van der Waals surface area contributed by atoms with Crippen LogP contribution in [-0.4, -0.2) is 91.8 Å². The maximum atomic E-state index is 15.3. The summed E-state index contributed by atoms with van der Waals surface area (Å²) in [6.07, 6.45) is -1.51. The molecule has 17 heteroatoms. The SMILES string of the molecule is CCc1nn(C(=O)OC(C)(C)C)c2cc(OCCN(CC(O[Si](CC)(CC)CC)c3ccc(F)c(NS(=O)(=O)CC(=O)OC(C)(C)C)c3)C(=O)OC(C)(C)C)ccc12. The van der Waals surface area contributed by atoms with Gasteiger partial charge in [0.1, 0.15) is 35.0 Å². The van der Waals surface area contributed by atoms with Crippen LogP contribution in [0.5, 0.6) is 5.75 Å².